The van der Waals surface area contributed by atoms with E-state index in [4.69, 9.17) is 5.73 Å². The first kappa shape index (κ1) is 15.8. The van der Waals surface area contributed by atoms with Crippen LogP contribution in [-0.4, -0.2) is 37.0 Å². The van der Waals surface area contributed by atoms with Gasteiger partial charge in [0.05, 0.1) is 0 Å². The van der Waals surface area contributed by atoms with Gasteiger partial charge in [-0.3, -0.25) is 9.89 Å². The minimum Gasteiger partial charge on any atom is -0.370 e. The van der Waals surface area contributed by atoms with Crippen molar-refractivity contribution in [2.45, 2.75) is 38.6 Å². The molecule has 1 atom stereocenters. The zero-order valence-electron chi connectivity index (χ0n) is 13.3. The fourth-order valence-corrected chi connectivity index (χ4v) is 4.04. The maximum absolute atomic E-state index is 5.99. The molecule has 4 nitrogen and oxygen atoms in total. The molecule has 122 valence electrons. The van der Waals surface area contributed by atoms with Gasteiger partial charge >= 0.3 is 0 Å². The second-order valence-corrected chi connectivity index (χ2v) is 7.76. The Labute approximate surface area is 137 Å². The van der Waals surface area contributed by atoms with Gasteiger partial charge in [0, 0.05) is 31.1 Å². The van der Waals surface area contributed by atoms with Crippen molar-refractivity contribution in [1.29, 1.82) is 0 Å². The van der Waals surface area contributed by atoms with E-state index in [-0.39, 0.29) is 0 Å². The lowest BCUT2D eigenvalue weighted by Gasteiger charge is -2.31. The Kier molecular flexibility index (Phi) is 5.73. The Bertz CT molecular complexity index is 467. The quantitative estimate of drug-likeness (QED) is 0.626. The van der Waals surface area contributed by atoms with E-state index in [1.54, 1.807) is 0 Å². The van der Waals surface area contributed by atoms with Crippen LogP contribution in [0.4, 0.5) is 0 Å². The number of aliphatic imine (C=N–C) groups is 1. The lowest BCUT2D eigenvalue weighted by molar-refractivity contribution is 0.172. The standard InChI is InChI=1S/C17H28N4S/c18-17(19-10-14-4-1-5-14)20-11-15-6-2-8-21(12-15)13-16-7-3-9-22-16/h3,7,9,14-15H,1-2,4-6,8,10-13H2,(H3,18,19,20). The van der Waals surface area contributed by atoms with E-state index in [2.05, 4.69) is 32.7 Å². The molecule has 0 amide bonds. The molecular weight excluding hydrogens is 292 g/mol. The summed E-state index contributed by atoms with van der Waals surface area (Å²) in [5.41, 5.74) is 5.99. The Morgan fingerprint density at radius 1 is 1.32 bits per heavy atom. The van der Waals surface area contributed by atoms with Gasteiger partial charge < -0.3 is 11.1 Å². The van der Waals surface area contributed by atoms with E-state index in [1.807, 2.05) is 11.3 Å². The third-order valence-electron chi connectivity index (χ3n) is 4.88. The summed E-state index contributed by atoms with van der Waals surface area (Å²) in [6.45, 7) is 5.33. The molecule has 1 aromatic heterocycles. The maximum Gasteiger partial charge on any atom is 0.188 e. The highest BCUT2D eigenvalue weighted by Crippen LogP contribution is 2.25. The van der Waals surface area contributed by atoms with Gasteiger partial charge in [-0.15, -0.1) is 11.3 Å². The zero-order chi connectivity index (χ0) is 15.2. The third kappa shape index (κ3) is 4.71. The highest BCUT2D eigenvalue weighted by molar-refractivity contribution is 7.09. The van der Waals surface area contributed by atoms with Gasteiger partial charge in [0.2, 0.25) is 0 Å². The number of thiophene rings is 1. The summed E-state index contributed by atoms with van der Waals surface area (Å²) in [4.78, 5) is 8.60. The molecule has 2 heterocycles. The highest BCUT2D eigenvalue weighted by Gasteiger charge is 2.20. The molecule has 1 unspecified atom stereocenters. The lowest BCUT2D eigenvalue weighted by Crippen LogP contribution is -2.39. The number of rotatable bonds is 6. The first-order valence-corrected chi connectivity index (χ1v) is 9.46. The maximum atomic E-state index is 5.99. The second kappa shape index (κ2) is 7.97. The van der Waals surface area contributed by atoms with Crippen molar-refractivity contribution in [3.8, 4) is 0 Å². The van der Waals surface area contributed by atoms with Crippen molar-refractivity contribution >= 4 is 17.3 Å². The predicted molar refractivity (Wildman–Crippen MR) is 94.2 cm³/mol. The Hall–Kier alpha value is -1.07. The molecule has 22 heavy (non-hydrogen) atoms. The van der Waals surface area contributed by atoms with Crippen LogP contribution in [0, 0.1) is 11.8 Å². The average Bonchev–Trinajstić information content (AvgIpc) is 2.97. The Morgan fingerprint density at radius 2 is 2.18 bits per heavy atom. The molecule has 0 bridgehead atoms. The van der Waals surface area contributed by atoms with Gasteiger partial charge in [0.15, 0.2) is 5.96 Å². The molecule has 3 rings (SSSR count). The van der Waals surface area contributed by atoms with Crippen LogP contribution in [0.3, 0.4) is 0 Å². The molecule has 2 fully saturated rings. The molecule has 1 saturated heterocycles. The fraction of sp³-hybridized carbons (Fsp3) is 0.706. The van der Waals surface area contributed by atoms with Crippen LogP contribution in [0.15, 0.2) is 22.5 Å². The van der Waals surface area contributed by atoms with E-state index in [0.29, 0.717) is 11.9 Å². The van der Waals surface area contributed by atoms with Crippen molar-refractivity contribution in [1.82, 2.24) is 10.2 Å². The second-order valence-electron chi connectivity index (χ2n) is 6.73. The van der Waals surface area contributed by atoms with E-state index in [1.165, 1.54) is 43.5 Å². The summed E-state index contributed by atoms with van der Waals surface area (Å²) < 4.78 is 0. The van der Waals surface area contributed by atoms with Crippen LogP contribution >= 0.6 is 11.3 Å². The van der Waals surface area contributed by atoms with Crippen LogP contribution in [0.5, 0.6) is 0 Å². The molecule has 0 radical (unpaired) electrons. The molecule has 0 aromatic carbocycles. The van der Waals surface area contributed by atoms with E-state index >= 15 is 0 Å². The van der Waals surface area contributed by atoms with Crippen molar-refractivity contribution < 1.29 is 0 Å². The van der Waals surface area contributed by atoms with Gasteiger partial charge in [-0.05, 0) is 55.5 Å². The zero-order valence-corrected chi connectivity index (χ0v) is 14.2. The number of nitrogens with zero attached hydrogens (tertiary/aromatic N) is 2. The van der Waals surface area contributed by atoms with Crippen LogP contribution in [0.25, 0.3) is 0 Å². The summed E-state index contributed by atoms with van der Waals surface area (Å²) >= 11 is 1.85. The summed E-state index contributed by atoms with van der Waals surface area (Å²) in [7, 11) is 0. The average molecular weight is 321 g/mol. The van der Waals surface area contributed by atoms with Crippen molar-refractivity contribution in [2.24, 2.45) is 22.6 Å². The minimum absolute atomic E-state index is 0.641. The number of nitrogens with one attached hydrogen (secondary N) is 1. The summed E-state index contributed by atoms with van der Waals surface area (Å²) in [5, 5.41) is 5.45. The molecule has 5 heteroatoms. The van der Waals surface area contributed by atoms with E-state index in [0.717, 1.165) is 32.1 Å². The fourth-order valence-electron chi connectivity index (χ4n) is 3.30. The lowest BCUT2D eigenvalue weighted by atomic mass is 9.85. The molecule has 1 aliphatic heterocycles. The number of likely N-dealkylation sites (tertiary alicyclic amines) is 1. The topological polar surface area (TPSA) is 53.6 Å². The molecule has 1 aliphatic carbocycles. The van der Waals surface area contributed by atoms with Gasteiger partial charge in [0.25, 0.3) is 0 Å². The number of piperidine rings is 1. The van der Waals surface area contributed by atoms with Gasteiger partial charge in [0.1, 0.15) is 0 Å². The molecular formula is C17H28N4S. The smallest absolute Gasteiger partial charge is 0.188 e. The van der Waals surface area contributed by atoms with E-state index in [9.17, 15) is 0 Å². The number of nitrogens with two attached hydrogens (primary N) is 1. The largest absolute Gasteiger partial charge is 0.370 e. The van der Waals surface area contributed by atoms with Crippen LogP contribution in [0.2, 0.25) is 0 Å². The minimum atomic E-state index is 0.641. The van der Waals surface area contributed by atoms with Crippen LogP contribution in [0.1, 0.15) is 37.0 Å². The van der Waals surface area contributed by atoms with Crippen molar-refractivity contribution in [3.63, 3.8) is 0 Å². The molecule has 3 N–H and O–H groups in total. The monoisotopic (exact) mass is 320 g/mol. The highest BCUT2D eigenvalue weighted by atomic mass is 32.1. The van der Waals surface area contributed by atoms with E-state index < -0.39 is 0 Å². The summed E-state index contributed by atoms with van der Waals surface area (Å²) in [6, 6.07) is 4.37. The van der Waals surface area contributed by atoms with Crippen LogP contribution < -0.4 is 11.1 Å². The number of hydrogen-bond acceptors (Lipinski definition) is 3. The first-order chi connectivity index (χ1) is 10.8. The van der Waals surface area contributed by atoms with Crippen molar-refractivity contribution in [3.05, 3.63) is 22.4 Å². The van der Waals surface area contributed by atoms with Gasteiger partial charge in [-0.25, -0.2) is 0 Å². The van der Waals surface area contributed by atoms with Gasteiger partial charge in [-0.1, -0.05) is 12.5 Å². The van der Waals surface area contributed by atoms with Crippen LogP contribution in [-0.2, 0) is 6.54 Å². The van der Waals surface area contributed by atoms with Crippen molar-refractivity contribution in [2.75, 3.05) is 26.2 Å². The molecule has 1 aromatic rings. The predicted octanol–water partition coefficient (Wildman–Crippen LogP) is 2.66. The number of guanidine groups is 1. The summed E-state index contributed by atoms with van der Waals surface area (Å²) in [6.07, 6.45) is 6.63. The Balaban J connectivity index is 1.39. The molecule has 2 aliphatic rings. The van der Waals surface area contributed by atoms with Gasteiger partial charge in [-0.2, -0.15) is 0 Å². The SMILES string of the molecule is NC(=NCC1CCCN(Cc2cccs2)C1)NCC1CCC1. The third-order valence-corrected chi connectivity index (χ3v) is 5.74. The number of hydrogen-bond donors (Lipinski definition) is 2. The Morgan fingerprint density at radius 3 is 2.91 bits per heavy atom. The first-order valence-electron chi connectivity index (χ1n) is 8.58. The summed E-state index contributed by atoms with van der Waals surface area (Å²) in [5.74, 6) is 2.12. The normalized spacial score (nSPS) is 24.2. The molecule has 1 saturated carbocycles. The molecule has 0 spiro atoms.